The van der Waals surface area contributed by atoms with Crippen molar-refractivity contribution in [2.45, 2.75) is 23.5 Å². The van der Waals surface area contributed by atoms with Crippen LogP contribution in [-0.4, -0.2) is 21.2 Å². The van der Waals surface area contributed by atoms with E-state index in [0.29, 0.717) is 12.2 Å². The van der Waals surface area contributed by atoms with Gasteiger partial charge in [0, 0.05) is 11.0 Å². The maximum absolute atomic E-state index is 13.8. The molecule has 1 unspecified atom stereocenters. The van der Waals surface area contributed by atoms with Crippen LogP contribution in [0.1, 0.15) is 13.3 Å². The van der Waals surface area contributed by atoms with E-state index in [2.05, 4.69) is 0 Å². The number of nitrogens with zero attached hydrogens (tertiary/aromatic N) is 1. The number of nitro benzene ring substituents is 1. The minimum atomic E-state index is -0.879. The number of carbonyl (C=O) groups is 1. The predicted molar refractivity (Wildman–Crippen MR) is 87.1 cm³/mol. The fraction of sp³-hybridized carbons (Fsp3) is 0.188. The van der Waals surface area contributed by atoms with Crippen molar-refractivity contribution in [1.29, 1.82) is 0 Å². The Morgan fingerprint density at radius 2 is 2.00 bits per heavy atom. The highest BCUT2D eigenvalue weighted by Crippen LogP contribution is 2.31. The first-order chi connectivity index (χ1) is 11.4. The van der Waals surface area contributed by atoms with Crippen LogP contribution in [0.5, 0.6) is 11.5 Å². The number of aliphatic carboxylic acids is 1. The Balaban J connectivity index is 2.09. The van der Waals surface area contributed by atoms with E-state index in [4.69, 9.17) is 9.84 Å². The lowest BCUT2D eigenvalue weighted by Gasteiger charge is -2.10. The lowest BCUT2D eigenvalue weighted by Crippen LogP contribution is -2.14. The largest absolute Gasteiger partial charge is 0.480 e. The number of nitro groups is 1. The van der Waals surface area contributed by atoms with Crippen LogP contribution < -0.4 is 4.74 Å². The standard InChI is InChI=1S/C16H14FNO5S/c1-2-15(16(19)20)24-12-6-4-11(5-7-12)23-14-8-3-10(18(21)22)9-13(14)17/h3-9,15H,2H2,1H3,(H,19,20). The van der Waals surface area contributed by atoms with Crippen LogP contribution in [0, 0.1) is 15.9 Å². The van der Waals surface area contributed by atoms with E-state index in [-0.39, 0.29) is 11.4 Å². The summed E-state index contributed by atoms with van der Waals surface area (Å²) in [6.07, 6.45) is 0.492. The van der Waals surface area contributed by atoms with Crippen LogP contribution in [0.15, 0.2) is 47.4 Å². The Hall–Kier alpha value is -2.61. The second-order valence-electron chi connectivity index (χ2n) is 4.80. The summed E-state index contributed by atoms with van der Waals surface area (Å²) < 4.78 is 19.1. The molecule has 0 heterocycles. The van der Waals surface area contributed by atoms with Crippen LogP contribution >= 0.6 is 11.8 Å². The number of non-ortho nitro benzene ring substituents is 1. The first-order valence-corrected chi connectivity index (χ1v) is 7.90. The summed E-state index contributed by atoms with van der Waals surface area (Å²) in [5.74, 6) is -1.50. The molecule has 0 spiro atoms. The molecule has 0 aromatic heterocycles. The smallest absolute Gasteiger partial charge is 0.316 e. The monoisotopic (exact) mass is 351 g/mol. The molecule has 1 N–H and O–H groups in total. The highest BCUT2D eigenvalue weighted by molar-refractivity contribution is 8.00. The minimum absolute atomic E-state index is 0.127. The van der Waals surface area contributed by atoms with Gasteiger partial charge in [0.1, 0.15) is 11.0 Å². The third kappa shape index (κ3) is 4.45. The normalized spacial score (nSPS) is 11.8. The van der Waals surface area contributed by atoms with Crippen LogP contribution in [-0.2, 0) is 4.79 Å². The van der Waals surface area contributed by atoms with Gasteiger partial charge < -0.3 is 9.84 Å². The molecule has 8 heteroatoms. The second-order valence-corrected chi connectivity index (χ2v) is 6.07. The lowest BCUT2D eigenvalue weighted by molar-refractivity contribution is -0.385. The van der Waals surface area contributed by atoms with E-state index in [9.17, 15) is 19.3 Å². The number of hydrogen-bond donors (Lipinski definition) is 1. The summed E-state index contributed by atoms with van der Waals surface area (Å²) in [7, 11) is 0. The number of carboxylic acid groups (broad SMARTS) is 1. The molecule has 6 nitrogen and oxygen atoms in total. The molecule has 0 amide bonds. The second kappa shape index (κ2) is 7.78. The zero-order valence-electron chi connectivity index (χ0n) is 12.6. The molecule has 0 saturated heterocycles. The van der Waals surface area contributed by atoms with Crippen molar-refractivity contribution in [3.05, 3.63) is 58.4 Å². The van der Waals surface area contributed by atoms with Crippen molar-refractivity contribution in [2.75, 3.05) is 0 Å². The van der Waals surface area contributed by atoms with E-state index in [1.165, 1.54) is 17.8 Å². The minimum Gasteiger partial charge on any atom is -0.480 e. The Morgan fingerprint density at radius 3 is 2.50 bits per heavy atom. The van der Waals surface area contributed by atoms with Gasteiger partial charge in [0.25, 0.3) is 5.69 Å². The number of benzene rings is 2. The van der Waals surface area contributed by atoms with Crippen LogP contribution in [0.25, 0.3) is 0 Å². The van der Waals surface area contributed by atoms with Crippen molar-refractivity contribution in [3.63, 3.8) is 0 Å². The van der Waals surface area contributed by atoms with Crippen LogP contribution in [0.2, 0.25) is 0 Å². The number of hydrogen-bond acceptors (Lipinski definition) is 5. The predicted octanol–water partition coefficient (Wildman–Crippen LogP) is 4.48. The maximum atomic E-state index is 13.8. The molecule has 0 aliphatic heterocycles. The van der Waals surface area contributed by atoms with Gasteiger partial charge in [-0.25, -0.2) is 4.39 Å². The molecule has 2 aromatic carbocycles. The molecule has 0 bridgehead atoms. The zero-order valence-corrected chi connectivity index (χ0v) is 13.5. The average molecular weight is 351 g/mol. The van der Waals surface area contributed by atoms with Crippen LogP contribution in [0.4, 0.5) is 10.1 Å². The molecule has 2 rings (SSSR count). The van der Waals surface area contributed by atoms with Crippen molar-refractivity contribution in [1.82, 2.24) is 0 Å². The number of carboxylic acids is 1. The van der Waals surface area contributed by atoms with Gasteiger partial charge in [-0.15, -0.1) is 11.8 Å². The number of halogens is 1. The Kier molecular flexibility index (Phi) is 5.75. The maximum Gasteiger partial charge on any atom is 0.316 e. The first-order valence-electron chi connectivity index (χ1n) is 7.02. The number of thioether (sulfide) groups is 1. The summed E-state index contributed by atoms with van der Waals surface area (Å²) in [4.78, 5) is 21.7. The van der Waals surface area contributed by atoms with Gasteiger partial charge in [0.05, 0.1) is 11.0 Å². The summed E-state index contributed by atoms with van der Waals surface area (Å²) in [5.41, 5.74) is -0.356. The lowest BCUT2D eigenvalue weighted by atomic mass is 10.3. The van der Waals surface area contributed by atoms with Crippen LogP contribution in [0.3, 0.4) is 0 Å². The van der Waals surface area contributed by atoms with Gasteiger partial charge >= 0.3 is 5.97 Å². The van der Waals surface area contributed by atoms with Gasteiger partial charge in [-0.05, 0) is 36.8 Å². The summed E-state index contributed by atoms with van der Waals surface area (Å²) in [6, 6.07) is 9.65. The van der Waals surface area contributed by atoms with Crippen molar-refractivity contribution < 1.29 is 24.0 Å². The van der Waals surface area contributed by atoms with Gasteiger partial charge in [-0.2, -0.15) is 0 Å². The molecule has 1 atom stereocenters. The van der Waals surface area contributed by atoms with E-state index >= 15 is 0 Å². The highest BCUT2D eigenvalue weighted by atomic mass is 32.2. The zero-order chi connectivity index (χ0) is 17.7. The number of rotatable bonds is 7. The van der Waals surface area contributed by atoms with E-state index < -0.39 is 22.0 Å². The molecule has 126 valence electrons. The third-order valence-electron chi connectivity index (χ3n) is 3.10. The molecule has 2 aromatic rings. The Morgan fingerprint density at radius 1 is 1.33 bits per heavy atom. The quantitative estimate of drug-likeness (QED) is 0.449. The van der Waals surface area contributed by atoms with Crippen molar-refractivity contribution in [2.24, 2.45) is 0 Å². The fourth-order valence-electron chi connectivity index (χ4n) is 1.87. The first kappa shape index (κ1) is 17.7. The number of ether oxygens (including phenoxy) is 1. The fourth-order valence-corrected chi connectivity index (χ4v) is 2.76. The van der Waals surface area contributed by atoms with Crippen molar-refractivity contribution in [3.8, 4) is 11.5 Å². The summed E-state index contributed by atoms with van der Waals surface area (Å²) in [5, 5.41) is 19.1. The molecule has 0 fully saturated rings. The molecule has 0 aliphatic carbocycles. The molecule has 24 heavy (non-hydrogen) atoms. The summed E-state index contributed by atoms with van der Waals surface area (Å²) >= 11 is 1.22. The molecule has 0 aliphatic rings. The topological polar surface area (TPSA) is 89.7 Å². The van der Waals surface area contributed by atoms with Gasteiger partial charge in [-0.3, -0.25) is 14.9 Å². The Labute approximate surface area is 141 Å². The van der Waals surface area contributed by atoms with E-state index in [0.717, 1.165) is 17.0 Å². The average Bonchev–Trinajstić information content (AvgIpc) is 2.55. The van der Waals surface area contributed by atoms with Gasteiger partial charge in [0.15, 0.2) is 11.6 Å². The van der Waals surface area contributed by atoms with Gasteiger partial charge in [-0.1, -0.05) is 6.92 Å². The van der Waals surface area contributed by atoms with Gasteiger partial charge in [0.2, 0.25) is 0 Å². The molecule has 0 radical (unpaired) electrons. The van der Waals surface area contributed by atoms with Crippen molar-refractivity contribution >= 4 is 23.4 Å². The summed E-state index contributed by atoms with van der Waals surface area (Å²) in [6.45, 7) is 1.79. The highest BCUT2D eigenvalue weighted by Gasteiger charge is 2.16. The molecular formula is C16H14FNO5S. The molecular weight excluding hydrogens is 337 g/mol. The third-order valence-corrected chi connectivity index (χ3v) is 4.47. The molecule has 0 saturated carbocycles. The SMILES string of the molecule is CCC(Sc1ccc(Oc2ccc([N+](=O)[O-])cc2F)cc1)C(=O)O. The van der Waals surface area contributed by atoms with E-state index in [1.54, 1.807) is 31.2 Å². The van der Waals surface area contributed by atoms with E-state index in [1.807, 2.05) is 0 Å². The Bertz CT molecular complexity index is 751.